The zero-order chi connectivity index (χ0) is 15.2. The van der Waals surface area contributed by atoms with E-state index in [1.54, 1.807) is 0 Å². The van der Waals surface area contributed by atoms with E-state index in [4.69, 9.17) is 4.74 Å². The third-order valence-electron chi connectivity index (χ3n) is 3.90. The highest BCUT2D eigenvalue weighted by Gasteiger charge is 2.20. The molecule has 1 heterocycles. The van der Waals surface area contributed by atoms with Crippen molar-refractivity contribution in [3.05, 3.63) is 23.9 Å². The molecule has 0 radical (unpaired) electrons. The molecule has 0 aromatic carbocycles. The largest absolute Gasteiger partial charge is 0.476 e. The summed E-state index contributed by atoms with van der Waals surface area (Å²) in [7, 11) is 0. The molecule has 0 amide bonds. The van der Waals surface area contributed by atoms with Gasteiger partial charge in [-0.2, -0.15) is 0 Å². The standard InChI is InChI=1S/C17H29N3O/c1-13(2)20(14(3)4)9-10-21-17-11-15(7-8-18-17)12-19-16-5-6-16/h7-8,11,13-14,16,19H,5-6,9-10,12H2,1-4H3. The monoisotopic (exact) mass is 291 g/mol. The van der Waals surface area contributed by atoms with Gasteiger partial charge in [0, 0.05) is 43.5 Å². The van der Waals surface area contributed by atoms with Gasteiger partial charge < -0.3 is 10.1 Å². The van der Waals surface area contributed by atoms with E-state index in [0.717, 1.165) is 25.0 Å². The van der Waals surface area contributed by atoms with Gasteiger partial charge in [0.1, 0.15) is 6.61 Å². The quantitative estimate of drug-likeness (QED) is 0.759. The molecule has 0 bridgehead atoms. The zero-order valence-corrected chi connectivity index (χ0v) is 13.8. The lowest BCUT2D eigenvalue weighted by molar-refractivity contribution is 0.140. The van der Waals surface area contributed by atoms with Gasteiger partial charge in [-0.1, -0.05) is 0 Å². The molecule has 1 saturated carbocycles. The zero-order valence-electron chi connectivity index (χ0n) is 13.8. The normalized spacial score (nSPS) is 15.2. The number of nitrogens with one attached hydrogen (secondary N) is 1. The van der Waals surface area contributed by atoms with Crippen molar-refractivity contribution in [1.29, 1.82) is 0 Å². The first kappa shape index (κ1) is 16.2. The van der Waals surface area contributed by atoms with Crippen molar-refractivity contribution in [1.82, 2.24) is 15.2 Å². The Morgan fingerprint density at radius 2 is 2.00 bits per heavy atom. The maximum absolute atomic E-state index is 5.82. The minimum absolute atomic E-state index is 0.538. The summed E-state index contributed by atoms with van der Waals surface area (Å²) in [5, 5.41) is 3.51. The smallest absolute Gasteiger partial charge is 0.213 e. The molecule has 118 valence electrons. The average Bonchev–Trinajstić information content (AvgIpc) is 3.25. The van der Waals surface area contributed by atoms with Gasteiger partial charge in [0.05, 0.1) is 0 Å². The van der Waals surface area contributed by atoms with Crippen LogP contribution >= 0.6 is 0 Å². The number of rotatable bonds is 9. The maximum Gasteiger partial charge on any atom is 0.213 e. The summed E-state index contributed by atoms with van der Waals surface area (Å²) in [6.07, 6.45) is 4.46. The van der Waals surface area contributed by atoms with Crippen molar-refractivity contribution in [3.63, 3.8) is 0 Å². The highest BCUT2D eigenvalue weighted by Crippen LogP contribution is 2.19. The minimum Gasteiger partial charge on any atom is -0.476 e. The number of hydrogen-bond acceptors (Lipinski definition) is 4. The van der Waals surface area contributed by atoms with E-state index in [-0.39, 0.29) is 0 Å². The number of hydrogen-bond donors (Lipinski definition) is 1. The van der Waals surface area contributed by atoms with E-state index in [0.29, 0.717) is 18.7 Å². The molecule has 2 rings (SSSR count). The van der Waals surface area contributed by atoms with Crippen molar-refractivity contribution >= 4 is 0 Å². The summed E-state index contributed by atoms with van der Waals surface area (Å²) in [4.78, 5) is 6.73. The molecular formula is C17H29N3O. The van der Waals surface area contributed by atoms with Crippen molar-refractivity contribution < 1.29 is 4.74 Å². The second kappa shape index (κ2) is 7.76. The molecule has 4 nitrogen and oxygen atoms in total. The highest BCUT2D eigenvalue weighted by molar-refractivity contribution is 5.20. The van der Waals surface area contributed by atoms with Crippen LogP contribution in [-0.2, 0) is 6.54 Å². The third kappa shape index (κ3) is 5.64. The van der Waals surface area contributed by atoms with Gasteiger partial charge in [0.25, 0.3) is 0 Å². The summed E-state index contributed by atoms with van der Waals surface area (Å²) < 4.78 is 5.82. The predicted octanol–water partition coefficient (Wildman–Crippen LogP) is 2.83. The molecule has 21 heavy (non-hydrogen) atoms. The van der Waals surface area contributed by atoms with Gasteiger partial charge in [-0.3, -0.25) is 4.90 Å². The lowest BCUT2D eigenvalue weighted by atomic mass is 10.2. The Bertz CT molecular complexity index is 422. The average molecular weight is 291 g/mol. The van der Waals surface area contributed by atoms with Crippen molar-refractivity contribution in [2.45, 2.75) is 65.2 Å². The van der Waals surface area contributed by atoms with Crippen LogP contribution < -0.4 is 10.1 Å². The first-order chi connectivity index (χ1) is 10.1. The third-order valence-corrected chi connectivity index (χ3v) is 3.90. The van der Waals surface area contributed by atoms with E-state index in [2.05, 4.69) is 49.0 Å². The fraction of sp³-hybridized carbons (Fsp3) is 0.706. The first-order valence-electron chi connectivity index (χ1n) is 8.13. The fourth-order valence-electron chi connectivity index (χ4n) is 2.56. The van der Waals surface area contributed by atoms with Crippen molar-refractivity contribution in [2.75, 3.05) is 13.2 Å². The summed E-state index contributed by atoms with van der Waals surface area (Å²) in [5.41, 5.74) is 1.25. The van der Waals surface area contributed by atoms with E-state index in [1.165, 1.54) is 18.4 Å². The predicted molar refractivity (Wildman–Crippen MR) is 86.6 cm³/mol. The Morgan fingerprint density at radius 1 is 1.29 bits per heavy atom. The Labute approximate surface area is 128 Å². The van der Waals surface area contributed by atoms with Crippen LogP contribution in [0.3, 0.4) is 0 Å². The van der Waals surface area contributed by atoms with Crippen molar-refractivity contribution in [2.24, 2.45) is 0 Å². The molecule has 0 unspecified atom stereocenters. The van der Waals surface area contributed by atoms with E-state index < -0.39 is 0 Å². The molecular weight excluding hydrogens is 262 g/mol. The van der Waals surface area contributed by atoms with Crippen LogP contribution in [-0.4, -0.2) is 41.2 Å². The maximum atomic E-state index is 5.82. The molecule has 0 spiro atoms. The van der Waals surface area contributed by atoms with Crippen LogP contribution in [0.1, 0.15) is 46.1 Å². The number of aromatic nitrogens is 1. The fourth-order valence-corrected chi connectivity index (χ4v) is 2.56. The summed E-state index contributed by atoms with van der Waals surface area (Å²) in [6, 6.07) is 5.90. The molecule has 0 atom stereocenters. The first-order valence-corrected chi connectivity index (χ1v) is 8.13. The molecule has 1 aliphatic carbocycles. The number of pyridine rings is 1. The molecule has 1 fully saturated rings. The molecule has 0 saturated heterocycles. The van der Waals surface area contributed by atoms with E-state index >= 15 is 0 Å². The molecule has 1 N–H and O–H groups in total. The Morgan fingerprint density at radius 3 is 2.62 bits per heavy atom. The van der Waals surface area contributed by atoms with Crippen molar-refractivity contribution in [3.8, 4) is 5.88 Å². The topological polar surface area (TPSA) is 37.4 Å². The number of ether oxygens (including phenoxy) is 1. The van der Waals surface area contributed by atoms with Crippen LogP contribution in [0.25, 0.3) is 0 Å². The van der Waals surface area contributed by atoms with Gasteiger partial charge in [-0.25, -0.2) is 4.98 Å². The highest BCUT2D eigenvalue weighted by atomic mass is 16.5. The Hall–Kier alpha value is -1.13. The minimum atomic E-state index is 0.538. The van der Waals surface area contributed by atoms with Crippen LogP contribution in [0.5, 0.6) is 5.88 Å². The SMILES string of the molecule is CC(C)N(CCOc1cc(CNC2CC2)ccn1)C(C)C. The molecule has 1 aromatic rings. The Kier molecular flexibility index (Phi) is 6.00. The summed E-state index contributed by atoms with van der Waals surface area (Å²) in [5.74, 6) is 0.734. The van der Waals surface area contributed by atoms with Crippen LogP contribution in [0.2, 0.25) is 0 Å². The van der Waals surface area contributed by atoms with Crippen LogP contribution in [0.15, 0.2) is 18.3 Å². The second-order valence-electron chi connectivity index (χ2n) is 6.43. The van der Waals surface area contributed by atoms with Crippen LogP contribution in [0, 0.1) is 0 Å². The van der Waals surface area contributed by atoms with E-state index in [1.807, 2.05) is 12.3 Å². The second-order valence-corrected chi connectivity index (χ2v) is 6.43. The van der Waals surface area contributed by atoms with Gasteiger partial charge in [0.15, 0.2) is 0 Å². The molecule has 0 aliphatic heterocycles. The molecule has 4 heteroatoms. The lowest BCUT2D eigenvalue weighted by Crippen LogP contribution is -2.39. The van der Waals surface area contributed by atoms with Gasteiger partial charge in [-0.05, 0) is 52.2 Å². The molecule has 1 aromatic heterocycles. The van der Waals surface area contributed by atoms with Crippen LogP contribution in [0.4, 0.5) is 0 Å². The Balaban J connectivity index is 1.77. The lowest BCUT2D eigenvalue weighted by Gasteiger charge is -2.30. The van der Waals surface area contributed by atoms with Gasteiger partial charge >= 0.3 is 0 Å². The summed E-state index contributed by atoms with van der Waals surface area (Å²) >= 11 is 0. The summed E-state index contributed by atoms with van der Waals surface area (Å²) in [6.45, 7) is 11.4. The number of nitrogens with zero attached hydrogens (tertiary/aromatic N) is 2. The van der Waals surface area contributed by atoms with E-state index in [9.17, 15) is 0 Å². The van der Waals surface area contributed by atoms with Gasteiger partial charge in [-0.15, -0.1) is 0 Å². The molecule has 1 aliphatic rings. The van der Waals surface area contributed by atoms with Gasteiger partial charge in [0.2, 0.25) is 5.88 Å².